The van der Waals surface area contributed by atoms with Gasteiger partial charge in [-0.1, -0.05) is 22.0 Å². The Morgan fingerprint density at radius 1 is 1.56 bits per heavy atom. The quantitative estimate of drug-likeness (QED) is 0.666. The predicted octanol–water partition coefficient (Wildman–Crippen LogP) is 2.36. The van der Waals surface area contributed by atoms with Crippen LogP contribution in [0.5, 0.6) is 0 Å². The minimum atomic E-state index is -0.0157. The van der Waals surface area contributed by atoms with Gasteiger partial charge in [-0.25, -0.2) is 0 Å². The Kier molecular flexibility index (Phi) is 3.96. The van der Waals surface area contributed by atoms with E-state index in [1.165, 1.54) is 0 Å². The molecule has 16 heavy (non-hydrogen) atoms. The number of benzene rings is 1. The number of hydrogen-bond donors (Lipinski definition) is 1. The third-order valence-corrected chi connectivity index (χ3v) is 2.97. The number of ether oxygens (including phenoxy) is 1. The maximum Gasteiger partial charge on any atom is 0.251 e. The van der Waals surface area contributed by atoms with Crippen LogP contribution in [0.15, 0.2) is 28.7 Å². The van der Waals surface area contributed by atoms with Crippen molar-refractivity contribution < 1.29 is 9.53 Å². The second kappa shape index (κ2) is 5.46. The molecular formula is C12H14BrNO2. The van der Waals surface area contributed by atoms with Crippen LogP contribution in [0.4, 0.5) is 0 Å². The molecule has 0 aromatic heterocycles. The van der Waals surface area contributed by atoms with Crippen LogP contribution >= 0.6 is 15.9 Å². The van der Waals surface area contributed by atoms with E-state index in [4.69, 9.17) is 4.74 Å². The van der Waals surface area contributed by atoms with E-state index in [9.17, 15) is 4.79 Å². The Morgan fingerprint density at radius 2 is 2.38 bits per heavy atom. The van der Waals surface area contributed by atoms with Crippen molar-refractivity contribution in [2.75, 3.05) is 13.2 Å². The van der Waals surface area contributed by atoms with E-state index in [-0.39, 0.29) is 5.91 Å². The topological polar surface area (TPSA) is 41.6 Å². The molecule has 0 radical (unpaired) electrons. The van der Waals surface area contributed by atoms with Gasteiger partial charge in [-0.2, -0.15) is 0 Å². The molecule has 1 fully saturated rings. The lowest BCUT2D eigenvalue weighted by atomic mass is 10.2. The van der Waals surface area contributed by atoms with Gasteiger partial charge in [-0.05, 0) is 31.0 Å². The van der Waals surface area contributed by atoms with Crippen LogP contribution < -0.4 is 5.32 Å². The van der Waals surface area contributed by atoms with Gasteiger partial charge in [0.15, 0.2) is 0 Å². The minimum absolute atomic E-state index is 0.0157. The van der Waals surface area contributed by atoms with Crippen molar-refractivity contribution in [1.29, 1.82) is 0 Å². The number of hydrogen-bond acceptors (Lipinski definition) is 2. The van der Waals surface area contributed by atoms with Gasteiger partial charge in [-0.3, -0.25) is 4.79 Å². The minimum Gasteiger partial charge on any atom is -0.373 e. The van der Waals surface area contributed by atoms with Gasteiger partial charge in [-0.15, -0.1) is 0 Å². The summed E-state index contributed by atoms with van der Waals surface area (Å²) in [4.78, 5) is 11.7. The molecular weight excluding hydrogens is 270 g/mol. The van der Waals surface area contributed by atoms with Gasteiger partial charge in [0, 0.05) is 16.6 Å². The summed E-state index contributed by atoms with van der Waals surface area (Å²) in [6, 6.07) is 7.39. The Balaban J connectivity index is 1.73. The summed E-state index contributed by atoms with van der Waals surface area (Å²) in [6.07, 6.45) is 2.46. The van der Waals surface area contributed by atoms with Crippen LogP contribution in [0.3, 0.4) is 0 Å². The molecule has 1 saturated heterocycles. The Morgan fingerprint density at radius 3 is 3.06 bits per heavy atom. The smallest absolute Gasteiger partial charge is 0.251 e. The van der Waals surface area contributed by atoms with Gasteiger partial charge in [0.25, 0.3) is 5.91 Å². The van der Waals surface area contributed by atoms with E-state index in [0.717, 1.165) is 23.9 Å². The second-order valence-corrected chi connectivity index (χ2v) is 4.78. The third-order valence-electron chi connectivity index (χ3n) is 2.48. The molecule has 1 heterocycles. The average molecular weight is 284 g/mol. The first-order valence-corrected chi connectivity index (χ1v) is 6.20. The van der Waals surface area contributed by atoms with E-state index >= 15 is 0 Å². The van der Waals surface area contributed by atoms with Crippen LogP contribution in [0.2, 0.25) is 0 Å². The van der Waals surface area contributed by atoms with Gasteiger partial charge in [0.2, 0.25) is 0 Å². The van der Waals surface area contributed by atoms with Gasteiger partial charge in [0.1, 0.15) is 0 Å². The standard InChI is InChI=1S/C12H14BrNO2/c13-10-4-1-3-9(7-10)12(15)14-6-2-5-11-8-16-11/h1,3-4,7,11H,2,5-6,8H2,(H,14,15)/t11-/m1/s1. The number of epoxide rings is 1. The van der Waals surface area contributed by atoms with Crippen LogP contribution in [0, 0.1) is 0 Å². The summed E-state index contributed by atoms with van der Waals surface area (Å²) in [5.41, 5.74) is 0.692. The molecule has 4 heteroatoms. The number of nitrogens with one attached hydrogen (secondary N) is 1. The number of carbonyl (C=O) groups is 1. The lowest BCUT2D eigenvalue weighted by Crippen LogP contribution is -2.24. The van der Waals surface area contributed by atoms with Crippen molar-refractivity contribution in [2.45, 2.75) is 18.9 Å². The third kappa shape index (κ3) is 3.61. The number of rotatable bonds is 5. The molecule has 1 atom stereocenters. The molecule has 1 aromatic rings. The lowest BCUT2D eigenvalue weighted by Gasteiger charge is -2.04. The van der Waals surface area contributed by atoms with Crippen LogP contribution in [-0.2, 0) is 4.74 Å². The first kappa shape index (κ1) is 11.6. The highest BCUT2D eigenvalue weighted by molar-refractivity contribution is 9.10. The summed E-state index contributed by atoms with van der Waals surface area (Å²) in [7, 11) is 0. The van der Waals surface area contributed by atoms with E-state index in [2.05, 4.69) is 21.2 Å². The van der Waals surface area contributed by atoms with E-state index < -0.39 is 0 Å². The zero-order valence-corrected chi connectivity index (χ0v) is 10.5. The predicted molar refractivity (Wildman–Crippen MR) is 65.4 cm³/mol. The molecule has 0 bridgehead atoms. The second-order valence-electron chi connectivity index (χ2n) is 3.86. The molecule has 1 aliphatic heterocycles. The van der Waals surface area contributed by atoms with Crippen LogP contribution in [0.25, 0.3) is 0 Å². The van der Waals surface area contributed by atoms with E-state index in [0.29, 0.717) is 18.2 Å². The maximum atomic E-state index is 11.7. The zero-order chi connectivity index (χ0) is 11.4. The van der Waals surface area contributed by atoms with Crippen LogP contribution in [0.1, 0.15) is 23.2 Å². The highest BCUT2D eigenvalue weighted by atomic mass is 79.9. The maximum absolute atomic E-state index is 11.7. The summed E-state index contributed by atoms with van der Waals surface area (Å²) < 4.78 is 6.02. The molecule has 0 saturated carbocycles. The average Bonchev–Trinajstić information content (AvgIpc) is 3.08. The molecule has 1 N–H and O–H groups in total. The fourth-order valence-electron chi connectivity index (χ4n) is 1.50. The van der Waals surface area contributed by atoms with E-state index in [1.807, 2.05) is 24.3 Å². The lowest BCUT2D eigenvalue weighted by molar-refractivity contribution is 0.0952. The van der Waals surface area contributed by atoms with Crippen molar-refractivity contribution >= 4 is 21.8 Å². The fourth-order valence-corrected chi connectivity index (χ4v) is 1.90. The molecule has 0 aliphatic carbocycles. The molecule has 1 aliphatic rings. The molecule has 2 rings (SSSR count). The summed E-state index contributed by atoms with van der Waals surface area (Å²) in [6.45, 7) is 1.60. The summed E-state index contributed by atoms with van der Waals surface area (Å²) >= 11 is 3.34. The van der Waals surface area contributed by atoms with E-state index in [1.54, 1.807) is 0 Å². The van der Waals surface area contributed by atoms with Gasteiger partial charge < -0.3 is 10.1 Å². The molecule has 1 aromatic carbocycles. The van der Waals surface area contributed by atoms with Crippen molar-refractivity contribution in [1.82, 2.24) is 5.32 Å². The molecule has 86 valence electrons. The highest BCUT2D eigenvalue weighted by Crippen LogP contribution is 2.15. The number of carbonyl (C=O) groups excluding carboxylic acids is 1. The SMILES string of the molecule is O=C(NCCC[C@@H]1CO1)c1cccc(Br)c1. The molecule has 0 unspecified atom stereocenters. The largest absolute Gasteiger partial charge is 0.373 e. The van der Waals surface area contributed by atoms with Crippen molar-refractivity contribution in [3.05, 3.63) is 34.3 Å². The monoisotopic (exact) mass is 283 g/mol. The van der Waals surface area contributed by atoms with Crippen molar-refractivity contribution in [3.63, 3.8) is 0 Å². The summed E-state index contributed by atoms with van der Waals surface area (Å²) in [5, 5.41) is 2.89. The summed E-state index contributed by atoms with van der Waals surface area (Å²) in [5.74, 6) is -0.0157. The highest BCUT2D eigenvalue weighted by Gasteiger charge is 2.21. The normalized spacial score (nSPS) is 18.2. The molecule has 1 amide bonds. The fraction of sp³-hybridized carbons (Fsp3) is 0.417. The van der Waals surface area contributed by atoms with Crippen molar-refractivity contribution in [3.8, 4) is 0 Å². The van der Waals surface area contributed by atoms with Gasteiger partial charge in [0.05, 0.1) is 12.7 Å². The Bertz CT molecular complexity index is 377. The number of amides is 1. The zero-order valence-electron chi connectivity index (χ0n) is 8.91. The first-order valence-electron chi connectivity index (χ1n) is 5.41. The van der Waals surface area contributed by atoms with Gasteiger partial charge >= 0.3 is 0 Å². The van der Waals surface area contributed by atoms with Crippen LogP contribution in [-0.4, -0.2) is 25.2 Å². The van der Waals surface area contributed by atoms with Crippen molar-refractivity contribution in [2.24, 2.45) is 0 Å². The Labute approximate surface area is 103 Å². The first-order chi connectivity index (χ1) is 7.75. The Hall–Kier alpha value is -0.870. The molecule has 0 spiro atoms. The number of halogens is 1. The molecule has 3 nitrogen and oxygen atoms in total.